The van der Waals surface area contributed by atoms with Gasteiger partial charge in [-0.25, -0.2) is 4.39 Å². The maximum absolute atomic E-state index is 13.7. The van der Waals surface area contributed by atoms with Gasteiger partial charge in [0.25, 0.3) is 5.92 Å². The van der Waals surface area contributed by atoms with Crippen LogP contribution in [0.2, 0.25) is 5.02 Å². The highest BCUT2D eigenvalue weighted by molar-refractivity contribution is 6.30. The van der Waals surface area contributed by atoms with Crippen molar-refractivity contribution in [3.63, 3.8) is 0 Å². The molecular weight excluding hydrogens is 251 g/mol. The molecule has 96 valence electrons. The van der Waals surface area contributed by atoms with E-state index in [0.29, 0.717) is 6.54 Å². The number of nitrogens with one attached hydrogen (secondary N) is 1. The van der Waals surface area contributed by atoms with E-state index in [-0.39, 0.29) is 10.9 Å². The van der Waals surface area contributed by atoms with Gasteiger partial charge in [-0.1, -0.05) is 31.5 Å². The largest absolute Gasteiger partial charge is 0.311 e. The molecule has 0 radical (unpaired) electrons. The molecule has 1 nitrogen and oxygen atoms in total. The lowest BCUT2D eigenvalue weighted by atomic mass is 10.1. The number of halogens is 4. The standard InChI is InChI=1S/C12H15ClF3N/c1-8(2)6-17-7-12(15,16)9-4-3-5-10(13)11(9)14/h3-5,8,17H,6-7H2,1-2H3. The Morgan fingerprint density at radius 3 is 2.59 bits per heavy atom. The fourth-order valence-electron chi connectivity index (χ4n) is 1.40. The first-order chi connectivity index (χ1) is 7.84. The zero-order valence-electron chi connectivity index (χ0n) is 9.74. The second-order valence-corrected chi connectivity index (χ2v) is 4.74. The predicted molar refractivity (Wildman–Crippen MR) is 63.0 cm³/mol. The van der Waals surface area contributed by atoms with Crippen molar-refractivity contribution >= 4 is 11.6 Å². The zero-order valence-corrected chi connectivity index (χ0v) is 10.5. The van der Waals surface area contributed by atoms with E-state index < -0.39 is 23.8 Å². The van der Waals surface area contributed by atoms with Crippen molar-refractivity contribution in [2.45, 2.75) is 19.8 Å². The maximum atomic E-state index is 13.7. The van der Waals surface area contributed by atoms with E-state index in [1.54, 1.807) is 0 Å². The van der Waals surface area contributed by atoms with Gasteiger partial charge < -0.3 is 5.32 Å². The maximum Gasteiger partial charge on any atom is 0.288 e. The van der Waals surface area contributed by atoms with E-state index in [2.05, 4.69) is 5.32 Å². The lowest BCUT2D eigenvalue weighted by Gasteiger charge is -2.19. The summed E-state index contributed by atoms with van der Waals surface area (Å²) in [5.74, 6) is -4.05. The smallest absolute Gasteiger partial charge is 0.288 e. The molecule has 1 aromatic carbocycles. The third-order valence-electron chi connectivity index (χ3n) is 2.25. The average molecular weight is 266 g/mol. The number of alkyl halides is 2. The summed E-state index contributed by atoms with van der Waals surface area (Å²) in [6.07, 6.45) is 0. The number of hydrogen-bond acceptors (Lipinski definition) is 1. The molecule has 0 fully saturated rings. The third kappa shape index (κ3) is 3.89. The second-order valence-electron chi connectivity index (χ2n) is 4.33. The SMILES string of the molecule is CC(C)CNCC(F)(F)c1cccc(Cl)c1F. The summed E-state index contributed by atoms with van der Waals surface area (Å²) in [6, 6.07) is 3.62. The fraction of sp³-hybridized carbons (Fsp3) is 0.500. The molecule has 1 rings (SSSR count). The van der Waals surface area contributed by atoms with E-state index in [0.717, 1.165) is 6.07 Å². The monoisotopic (exact) mass is 265 g/mol. The van der Waals surface area contributed by atoms with Gasteiger partial charge in [-0.2, -0.15) is 8.78 Å². The number of rotatable bonds is 5. The van der Waals surface area contributed by atoms with Gasteiger partial charge in [-0.15, -0.1) is 0 Å². The minimum Gasteiger partial charge on any atom is -0.311 e. The first-order valence-electron chi connectivity index (χ1n) is 5.37. The second kappa shape index (κ2) is 5.74. The van der Waals surface area contributed by atoms with Gasteiger partial charge in [-0.3, -0.25) is 0 Å². The Hall–Kier alpha value is -0.740. The first-order valence-corrected chi connectivity index (χ1v) is 5.75. The quantitative estimate of drug-likeness (QED) is 0.853. The van der Waals surface area contributed by atoms with Crippen LogP contribution in [0.15, 0.2) is 18.2 Å². The number of hydrogen-bond donors (Lipinski definition) is 1. The van der Waals surface area contributed by atoms with E-state index in [9.17, 15) is 13.2 Å². The van der Waals surface area contributed by atoms with E-state index >= 15 is 0 Å². The third-order valence-corrected chi connectivity index (χ3v) is 2.54. The van der Waals surface area contributed by atoms with Crippen LogP contribution < -0.4 is 5.32 Å². The molecule has 0 saturated carbocycles. The van der Waals surface area contributed by atoms with Crippen LogP contribution >= 0.6 is 11.6 Å². The van der Waals surface area contributed by atoms with Gasteiger partial charge in [-0.05, 0) is 24.6 Å². The normalized spacial score (nSPS) is 12.2. The van der Waals surface area contributed by atoms with Crippen molar-refractivity contribution in [3.8, 4) is 0 Å². The summed E-state index contributed by atoms with van der Waals surface area (Å²) in [4.78, 5) is 0. The van der Waals surface area contributed by atoms with Gasteiger partial charge in [0, 0.05) is 0 Å². The number of benzene rings is 1. The fourth-order valence-corrected chi connectivity index (χ4v) is 1.57. The Morgan fingerprint density at radius 1 is 1.35 bits per heavy atom. The summed E-state index contributed by atoms with van der Waals surface area (Å²) in [5, 5.41) is 2.32. The van der Waals surface area contributed by atoms with Crippen molar-refractivity contribution < 1.29 is 13.2 Å². The van der Waals surface area contributed by atoms with E-state index in [1.807, 2.05) is 13.8 Å². The Labute approximate surface area is 104 Å². The highest BCUT2D eigenvalue weighted by Gasteiger charge is 2.34. The van der Waals surface area contributed by atoms with Gasteiger partial charge >= 0.3 is 0 Å². The van der Waals surface area contributed by atoms with Crippen LogP contribution in [0.5, 0.6) is 0 Å². The van der Waals surface area contributed by atoms with Crippen molar-refractivity contribution in [2.75, 3.05) is 13.1 Å². The minimum absolute atomic E-state index is 0.259. The zero-order chi connectivity index (χ0) is 13.1. The first kappa shape index (κ1) is 14.3. The van der Waals surface area contributed by atoms with Crippen LogP contribution in [0.4, 0.5) is 13.2 Å². The Kier molecular flexibility index (Phi) is 4.83. The molecular formula is C12H15ClF3N. The topological polar surface area (TPSA) is 12.0 Å². The van der Waals surface area contributed by atoms with Crippen molar-refractivity contribution in [1.82, 2.24) is 5.32 Å². The van der Waals surface area contributed by atoms with Crippen molar-refractivity contribution in [2.24, 2.45) is 5.92 Å². The van der Waals surface area contributed by atoms with Crippen LogP contribution in [0, 0.1) is 11.7 Å². The molecule has 5 heteroatoms. The lowest BCUT2D eigenvalue weighted by molar-refractivity contribution is -0.00692. The van der Waals surface area contributed by atoms with Crippen LogP contribution in [0.3, 0.4) is 0 Å². The predicted octanol–water partition coefficient (Wildman–Crippen LogP) is 3.82. The van der Waals surface area contributed by atoms with Crippen molar-refractivity contribution in [3.05, 3.63) is 34.6 Å². The molecule has 0 aliphatic rings. The summed E-state index contributed by atoms with van der Waals surface area (Å²) in [5.41, 5.74) is -0.666. The van der Waals surface area contributed by atoms with Gasteiger partial charge in [0.1, 0.15) is 0 Å². The summed E-state index contributed by atoms with van der Waals surface area (Å²) >= 11 is 5.48. The Balaban J connectivity index is 2.78. The minimum atomic E-state index is -3.26. The van der Waals surface area contributed by atoms with Gasteiger partial charge in [0.15, 0.2) is 5.82 Å². The molecule has 0 amide bonds. The Bertz CT molecular complexity index is 380. The molecule has 0 atom stereocenters. The molecule has 0 heterocycles. The molecule has 0 aliphatic heterocycles. The molecule has 1 aromatic rings. The summed E-state index contributed by atoms with van der Waals surface area (Å²) in [6.45, 7) is 3.68. The van der Waals surface area contributed by atoms with Crippen LogP contribution in [0.25, 0.3) is 0 Å². The molecule has 0 unspecified atom stereocenters. The van der Waals surface area contributed by atoms with E-state index in [4.69, 9.17) is 11.6 Å². The molecule has 0 spiro atoms. The average Bonchev–Trinajstić information content (AvgIpc) is 2.21. The van der Waals surface area contributed by atoms with Gasteiger partial charge in [0.2, 0.25) is 0 Å². The van der Waals surface area contributed by atoms with E-state index in [1.165, 1.54) is 12.1 Å². The van der Waals surface area contributed by atoms with Crippen LogP contribution in [0.1, 0.15) is 19.4 Å². The molecule has 17 heavy (non-hydrogen) atoms. The highest BCUT2D eigenvalue weighted by Crippen LogP contribution is 2.32. The van der Waals surface area contributed by atoms with Gasteiger partial charge in [0.05, 0.1) is 17.1 Å². The molecule has 0 aliphatic carbocycles. The summed E-state index contributed by atoms with van der Waals surface area (Å²) < 4.78 is 40.8. The van der Waals surface area contributed by atoms with Crippen LogP contribution in [-0.2, 0) is 5.92 Å². The van der Waals surface area contributed by atoms with Crippen molar-refractivity contribution in [1.29, 1.82) is 0 Å². The molecule has 0 aromatic heterocycles. The van der Waals surface area contributed by atoms with Crippen LogP contribution in [-0.4, -0.2) is 13.1 Å². The lowest BCUT2D eigenvalue weighted by Crippen LogP contribution is -2.33. The molecule has 1 N–H and O–H groups in total. The summed E-state index contributed by atoms with van der Waals surface area (Å²) in [7, 11) is 0. The molecule has 0 saturated heterocycles. The highest BCUT2D eigenvalue weighted by atomic mass is 35.5. The Morgan fingerprint density at radius 2 is 2.00 bits per heavy atom. The molecule has 0 bridgehead atoms.